The summed E-state index contributed by atoms with van der Waals surface area (Å²) in [5.74, 6) is -0.208. The largest absolute Gasteiger partial charge is 0.491 e. The number of epoxide rings is 1. The monoisotopic (exact) mass is 447 g/mol. The quantitative estimate of drug-likeness (QED) is 0.590. The zero-order valence-electron chi connectivity index (χ0n) is 16.7. The number of nitrogens with zero attached hydrogens (tertiary/aromatic N) is 4. The molecule has 0 amide bonds. The molecule has 10 heteroatoms. The lowest BCUT2D eigenvalue weighted by atomic mass is 10.2. The van der Waals surface area contributed by atoms with Gasteiger partial charge in [0.05, 0.1) is 16.3 Å². The number of rotatable bonds is 8. The first-order chi connectivity index (χ1) is 15.0. The first-order valence-electron chi connectivity index (χ1n) is 10.0. The minimum Gasteiger partial charge on any atom is -0.491 e. The van der Waals surface area contributed by atoms with Gasteiger partial charge in [0.1, 0.15) is 36.5 Å². The average molecular weight is 448 g/mol. The highest BCUT2D eigenvalue weighted by Gasteiger charge is 2.42. The maximum absolute atomic E-state index is 13.4. The fraction of sp³-hybridized carbons (Fsp3) is 0.429. The van der Waals surface area contributed by atoms with E-state index in [1.807, 2.05) is 6.07 Å². The Morgan fingerprint density at radius 2 is 2.13 bits per heavy atom. The zero-order valence-corrected chi connectivity index (χ0v) is 17.5. The SMILES string of the molecule is N#Cc1ccc(C2OC2NN2CCN(C[C@@H](O)COc3ccc(Cl)c(F)c3)CC2)nc1. The Labute approximate surface area is 184 Å². The van der Waals surface area contributed by atoms with Gasteiger partial charge < -0.3 is 14.6 Å². The third-order valence-corrected chi connectivity index (χ3v) is 5.49. The molecule has 2 aliphatic heterocycles. The molecular weight excluding hydrogens is 425 g/mol. The molecule has 0 saturated carbocycles. The fourth-order valence-corrected chi connectivity index (χ4v) is 3.54. The van der Waals surface area contributed by atoms with Crippen molar-refractivity contribution in [3.63, 3.8) is 0 Å². The van der Waals surface area contributed by atoms with Crippen molar-refractivity contribution in [2.45, 2.75) is 18.4 Å². The number of pyridine rings is 1. The van der Waals surface area contributed by atoms with Crippen LogP contribution in [0, 0.1) is 17.1 Å². The molecule has 31 heavy (non-hydrogen) atoms. The summed E-state index contributed by atoms with van der Waals surface area (Å²) >= 11 is 5.65. The molecule has 164 valence electrons. The van der Waals surface area contributed by atoms with Crippen LogP contribution in [0.15, 0.2) is 36.5 Å². The molecule has 1 aromatic carbocycles. The van der Waals surface area contributed by atoms with Crippen LogP contribution in [-0.2, 0) is 4.74 Å². The van der Waals surface area contributed by atoms with Crippen LogP contribution in [0.1, 0.15) is 17.4 Å². The van der Waals surface area contributed by atoms with Gasteiger partial charge in [0.2, 0.25) is 0 Å². The van der Waals surface area contributed by atoms with Crippen LogP contribution in [0.5, 0.6) is 5.75 Å². The molecule has 2 saturated heterocycles. The van der Waals surface area contributed by atoms with Gasteiger partial charge in [-0.3, -0.25) is 9.88 Å². The van der Waals surface area contributed by atoms with Gasteiger partial charge in [0, 0.05) is 45.0 Å². The average Bonchev–Trinajstić information content (AvgIpc) is 3.55. The van der Waals surface area contributed by atoms with E-state index in [2.05, 4.69) is 26.4 Å². The molecule has 1 aromatic heterocycles. The Bertz CT molecular complexity index is 934. The number of aliphatic hydroxyl groups excluding tert-OH is 1. The smallest absolute Gasteiger partial charge is 0.153 e. The van der Waals surface area contributed by atoms with E-state index in [1.54, 1.807) is 18.3 Å². The molecule has 0 aliphatic carbocycles. The third kappa shape index (κ3) is 5.89. The number of nitrogens with one attached hydrogen (secondary N) is 1. The van der Waals surface area contributed by atoms with Crippen molar-refractivity contribution >= 4 is 11.6 Å². The van der Waals surface area contributed by atoms with E-state index in [0.717, 1.165) is 31.9 Å². The number of β-amino-alcohol motifs (C(OH)–C–C–N with tert-alkyl or cyclic N) is 1. The summed E-state index contributed by atoms with van der Waals surface area (Å²) in [6.07, 6.45) is 0.635. The topological polar surface area (TPSA) is 97.2 Å². The van der Waals surface area contributed by atoms with Crippen molar-refractivity contribution < 1.29 is 19.0 Å². The number of nitriles is 1. The van der Waals surface area contributed by atoms with E-state index in [1.165, 1.54) is 12.1 Å². The summed E-state index contributed by atoms with van der Waals surface area (Å²) in [5, 5.41) is 21.2. The summed E-state index contributed by atoms with van der Waals surface area (Å²) < 4.78 is 24.6. The lowest BCUT2D eigenvalue weighted by Gasteiger charge is -2.35. The van der Waals surface area contributed by atoms with Gasteiger partial charge in [-0.05, 0) is 24.3 Å². The Morgan fingerprint density at radius 3 is 2.81 bits per heavy atom. The van der Waals surface area contributed by atoms with Gasteiger partial charge in [-0.1, -0.05) is 11.6 Å². The molecule has 2 unspecified atom stereocenters. The maximum atomic E-state index is 13.4. The summed E-state index contributed by atoms with van der Waals surface area (Å²) in [4.78, 5) is 6.42. The molecule has 2 aromatic rings. The molecule has 8 nitrogen and oxygen atoms in total. The van der Waals surface area contributed by atoms with Gasteiger partial charge in [0.15, 0.2) is 6.23 Å². The fourth-order valence-electron chi connectivity index (χ4n) is 3.42. The van der Waals surface area contributed by atoms with Crippen molar-refractivity contribution in [2.24, 2.45) is 0 Å². The standard InChI is InChI=1S/C21H23ClFN5O3/c22-17-3-2-16(9-18(17)23)30-13-15(29)12-27-5-7-28(8-6-27)26-21-20(31-21)19-4-1-14(10-24)11-25-19/h1-4,9,11,15,20-21,26,29H,5-8,12-13H2/t15-,20?,21?/m1/s1. The number of hydrazine groups is 1. The van der Waals surface area contributed by atoms with E-state index in [0.29, 0.717) is 17.9 Å². The predicted molar refractivity (Wildman–Crippen MR) is 111 cm³/mol. The van der Waals surface area contributed by atoms with Crippen molar-refractivity contribution in [1.82, 2.24) is 20.3 Å². The Balaban J connectivity index is 1.14. The van der Waals surface area contributed by atoms with Crippen LogP contribution in [-0.4, -0.2) is 71.7 Å². The Hall–Kier alpha value is -2.32. The van der Waals surface area contributed by atoms with Crippen LogP contribution < -0.4 is 10.2 Å². The second-order valence-corrected chi connectivity index (χ2v) is 7.93. The number of hydrogen-bond donors (Lipinski definition) is 2. The summed E-state index contributed by atoms with van der Waals surface area (Å²) in [7, 11) is 0. The summed E-state index contributed by atoms with van der Waals surface area (Å²) in [6.45, 7) is 3.68. The Kier molecular flexibility index (Phi) is 6.97. The number of aliphatic hydroxyl groups is 1. The van der Waals surface area contributed by atoms with Crippen LogP contribution >= 0.6 is 11.6 Å². The zero-order chi connectivity index (χ0) is 21.8. The number of benzene rings is 1. The molecule has 2 aliphatic rings. The van der Waals surface area contributed by atoms with Gasteiger partial charge in [-0.15, -0.1) is 0 Å². The molecule has 0 bridgehead atoms. The van der Waals surface area contributed by atoms with Gasteiger partial charge in [-0.2, -0.15) is 5.26 Å². The van der Waals surface area contributed by atoms with Crippen LogP contribution in [0.25, 0.3) is 0 Å². The van der Waals surface area contributed by atoms with Crippen LogP contribution in [0.3, 0.4) is 0 Å². The number of piperazine rings is 1. The van der Waals surface area contributed by atoms with Crippen LogP contribution in [0.4, 0.5) is 4.39 Å². The molecule has 2 N–H and O–H groups in total. The van der Waals surface area contributed by atoms with Gasteiger partial charge in [0.25, 0.3) is 0 Å². The highest BCUT2D eigenvalue weighted by Crippen LogP contribution is 2.35. The molecule has 0 spiro atoms. The number of hydrogen-bond acceptors (Lipinski definition) is 8. The lowest BCUT2D eigenvalue weighted by molar-refractivity contribution is 0.0280. The summed E-state index contributed by atoms with van der Waals surface area (Å²) in [6, 6.07) is 9.80. The van der Waals surface area contributed by atoms with Crippen molar-refractivity contribution in [1.29, 1.82) is 5.26 Å². The first kappa shape index (κ1) is 21.9. The molecular formula is C21H23ClFN5O3. The highest BCUT2D eigenvalue weighted by atomic mass is 35.5. The minimum atomic E-state index is -0.683. The molecule has 0 radical (unpaired) electrons. The maximum Gasteiger partial charge on any atom is 0.153 e. The molecule has 3 atom stereocenters. The third-order valence-electron chi connectivity index (χ3n) is 5.18. The first-order valence-corrected chi connectivity index (χ1v) is 10.4. The normalized spacial score (nSPS) is 22.6. The highest BCUT2D eigenvalue weighted by molar-refractivity contribution is 6.30. The van der Waals surface area contributed by atoms with Crippen molar-refractivity contribution in [3.8, 4) is 11.8 Å². The van der Waals surface area contributed by atoms with Crippen molar-refractivity contribution in [2.75, 3.05) is 39.3 Å². The van der Waals surface area contributed by atoms with Crippen LogP contribution in [0.2, 0.25) is 5.02 Å². The van der Waals surface area contributed by atoms with Gasteiger partial charge in [-0.25, -0.2) is 14.8 Å². The van der Waals surface area contributed by atoms with Crippen molar-refractivity contribution in [3.05, 3.63) is 58.6 Å². The van der Waals surface area contributed by atoms with E-state index in [4.69, 9.17) is 26.3 Å². The molecule has 2 fully saturated rings. The van der Waals surface area contributed by atoms with E-state index < -0.39 is 11.9 Å². The lowest BCUT2D eigenvalue weighted by Crippen LogP contribution is -2.54. The second-order valence-electron chi connectivity index (χ2n) is 7.52. The predicted octanol–water partition coefficient (Wildman–Crippen LogP) is 1.71. The molecule has 4 rings (SSSR count). The minimum absolute atomic E-state index is 0.0375. The second kappa shape index (κ2) is 9.87. The number of aromatic nitrogens is 1. The summed E-state index contributed by atoms with van der Waals surface area (Å²) in [5.41, 5.74) is 4.68. The number of ether oxygens (including phenoxy) is 2. The van der Waals surface area contributed by atoms with E-state index in [-0.39, 0.29) is 24.0 Å². The van der Waals surface area contributed by atoms with Gasteiger partial charge >= 0.3 is 0 Å². The van der Waals surface area contributed by atoms with E-state index in [9.17, 15) is 9.50 Å². The Morgan fingerprint density at radius 1 is 1.32 bits per heavy atom. The number of halogens is 2. The molecule has 3 heterocycles. The van der Waals surface area contributed by atoms with E-state index >= 15 is 0 Å².